The van der Waals surface area contributed by atoms with Crippen molar-refractivity contribution < 1.29 is 4.79 Å². The van der Waals surface area contributed by atoms with Gasteiger partial charge in [-0.25, -0.2) is 0 Å². The van der Waals surface area contributed by atoms with Crippen molar-refractivity contribution in [3.8, 4) is 0 Å². The van der Waals surface area contributed by atoms with Crippen molar-refractivity contribution in [3.63, 3.8) is 0 Å². The van der Waals surface area contributed by atoms with Crippen LogP contribution in [-0.4, -0.2) is 15.7 Å². The van der Waals surface area contributed by atoms with Crippen LogP contribution in [-0.2, 0) is 13.1 Å². The molecule has 0 unspecified atom stereocenters. The number of aromatic nitrogens is 2. The topological polar surface area (TPSA) is 46.9 Å². The molecule has 3 aromatic rings. The minimum Gasteiger partial charge on any atom is -0.346 e. The first kappa shape index (κ1) is 15.7. The average molecular weight is 372 g/mol. The van der Waals surface area contributed by atoms with Crippen molar-refractivity contribution >= 4 is 32.7 Å². The third kappa shape index (κ3) is 3.29. The molecule has 5 heteroatoms. The van der Waals surface area contributed by atoms with Crippen LogP contribution in [0.4, 0.5) is 0 Å². The highest BCUT2D eigenvalue weighted by Crippen LogP contribution is 2.19. The van der Waals surface area contributed by atoms with E-state index in [-0.39, 0.29) is 5.91 Å². The molecule has 23 heavy (non-hydrogen) atoms. The van der Waals surface area contributed by atoms with E-state index in [9.17, 15) is 4.79 Å². The quantitative estimate of drug-likeness (QED) is 0.732. The molecule has 1 heterocycles. The summed E-state index contributed by atoms with van der Waals surface area (Å²) in [6.45, 7) is 3.42. The molecule has 0 fully saturated rings. The predicted octanol–water partition coefficient (Wildman–Crippen LogP) is 4.14. The molecule has 0 atom stereocenters. The molecule has 0 bridgehead atoms. The Kier molecular flexibility index (Phi) is 4.76. The van der Waals surface area contributed by atoms with Crippen LogP contribution < -0.4 is 5.32 Å². The van der Waals surface area contributed by atoms with Gasteiger partial charge in [-0.3, -0.25) is 9.48 Å². The summed E-state index contributed by atoms with van der Waals surface area (Å²) < 4.78 is 2.80. The number of rotatable bonds is 5. The van der Waals surface area contributed by atoms with E-state index < -0.39 is 0 Å². The molecule has 0 radical (unpaired) electrons. The Labute approximate surface area is 143 Å². The van der Waals surface area contributed by atoms with Crippen molar-refractivity contribution in [1.82, 2.24) is 15.1 Å². The van der Waals surface area contributed by atoms with Crippen LogP contribution in [0, 0.1) is 0 Å². The fourth-order valence-corrected chi connectivity index (χ4v) is 3.08. The van der Waals surface area contributed by atoms with Gasteiger partial charge in [0.25, 0.3) is 5.91 Å². The van der Waals surface area contributed by atoms with Crippen LogP contribution >= 0.6 is 15.9 Å². The third-order valence-corrected chi connectivity index (χ3v) is 4.40. The maximum Gasteiger partial charge on any atom is 0.252 e. The van der Waals surface area contributed by atoms with Crippen molar-refractivity contribution in [2.75, 3.05) is 0 Å². The molecule has 2 aromatic carbocycles. The van der Waals surface area contributed by atoms with E-state index in [4.69, 9.17) is 0 Å². The van der Waals surface area contributed by atoms with Crippen LogP contribution in [0.15, 0.2) is 53.0 Å². The van der Waals surface area contributed by atoms with E-state index in [1.54, 1.807) is 6.07 Å². The summed E-state index contributed by atoms with van der Waals surface area (Å²) >= 11 is 3.41. The Morgan fingerprint density at radius 1 is 1.17 bits per heavy atom. The zero-order valence-electron chi connectivity index (χ0n) is 12.9. The van der Waals surface area contributed by atoms with Crippen LogP contribution in [0.1, 0.15) is 29.4 Å². The number of aryl methyl sites for hydroxylation is 1. The van der Waals surface area contributed by atoms with Crippen LogP contribution in [0.3, 0.4) is 0 Å². The van der Waals surface area contributed by atoms with Gasteiger partial charge < -0.3 is 5.32 Å². The highest BCUT2D eigenvalue weighted by Gasteiger charge is 2.13. The lowest BCUT2D eigenvalue weighted by Crippen LogP contribution is -2.23. The van der Waals surface area contributed by atoms with E-state index in [1.807, 2.05) is 35.0 Å². The molecule has 3 rings (SSSR count). The summed E-state index contributed by atoms with van der Waals surface area (Å²) in [5.41, 5.74) is 2.64. The predicted molar refractivity (Wildman–Crippen MR) is 95.3 cm³/mol. The molecule has 0 aliphatic heterocycles. The fraction of sp³-hybridized carbons (Fsp3) is 0.222. The lowest BCUT2D eigenvalue weighted by molar-refractivity contribution is 0.0949. The lowest BCUT2D eigenvalue weighted by atomic mass is 10.2. The standard InChI is InChI=1S/C18H18BrN3O/c1-2-11-22-17-10-6-4-8-14(17)16(21-22)12-20-18(23)13-7-3-5-9-15(13)19/h3-10H,2,11-12H2,1H3,(H,20,23). The molecule has 118 valence electrons. The zero-order valence-corrected chi connectivity index (χ0v) is 14.5. The number of halogens is 1. The first-order chi connectivity index (χ1) is 11.2. The number of amides is 1. The van der Waals surface area contributed by atoms with Gasteiger partial charge in [0, 0.05) is 16.4 Å². The van der Waals surface area contributed by atoms with Crippen molar-refractivity contribution in [1.29, 1.82) is 0 Å². The van der Waals surface area contributed by atoms with Crippen LogP contribution in [0.5, 0.6) is 0 Å². The number of hydrogen-bond donors (Lipinski definition) is 1. The van der Waals surface area contributed by atoms with Crippen molar-refractivity contribution in [3.05, 3.63) is 64.3 Å². The van der Waals surface area contributed by atoms with Gasteiger partial charge in [-0.1, -0.05) is 37.3 Å². The molecule has 0 saturated carbocycles. The van der Waals surface area contributed by atoms with E-state index in [2.05, 4.69) is 45.4 Å². The Morgan fingerprint density at radius 2 is 1.91 bits per heavy atom. The molecule has 1 aromatic heterocycles. The maximum atomic E-state index is 12.3. The highest BCUT2D eigenvalue weighted by molar-refractivity contribution is 9.10. The first-order valence-electron chi connectivity index (χ1n) is 7.68. The van der Waals surface area contributed by atoms with E-state index in [1.165, 1.54) is 0 Å². The second kappa shape index (κ2) is 6.96. The number of para-hydroxylation sites is 1. The van der Waals surface area contributed by atoms with E-state index >= 15 is 0 Å². The number of nitrogens with one attached hydrogen (secondary N) is 1. The summed E-state index contributed by atoms with van der Waals surface area (Å²) in [7, 11) is 0. The highest BCUT2D eigenvalue weighted by atomic mass is 79.9. The third-order valence-electron chi connectivity index (χ3n) is 3.70. The second-order valence-corrected chi connectivity index (χ2v) is 6.20. The van der Waals surface area contributed by atoms with Crippen LogP contribution in [0.25, 0.3) is 10.9 Å². The summed E-state index contributed by atoms with van der Waals surface area (Å²) in [5.74, 6) is -0.105. The number of nitrogens with zero attached hydrogens (tertiary/aromatic N) is 2. The average Bonchev–Trinajstić information content (AvgIpc) is 2.92. The van der Waals surface area contributed by atoms with Gasteiger partial charge in [-0.15, -0.1) is 0 Å². The summed E-state index contributed by atoms with van der Waals surface area (Å²) in [4.78, 5) is 12.3. The SMILES string of the molecule is CCCn1nc(CNC(=O)c2ccccc2Br)c2ccccc21. The normalized spacial score (nSPS) is 10.9. The van der Waals surface area contributed by atoms with E-state index in [0.717, 1.165) is 34.0 Å². The minimum absolute atomic E-state index is 0.105. The van der Waals surface area contributed by atoms with Gasteiger partial charge in [-0.05, 0) is 40.5 Å². The van der Waals surface area contributed by atoms with Gasteiger partial charge in [0.1, 0.15) is 0 Å². The Hall–Kier alpha value is -2.14. The van der Waals surface area contributed by atoms with Crippen molar-refractivity contribution in [2.45, 2.75) is 26.4 Å². The Balaban J connectivity index is 1.82. The number of fused-ring (bicyclic) bond motifs is 1. The second-order valence-electron chi connectivity index (χ2n) is 5.35. The van der Waals surface area contributed by atoms with Gasteiger partial charge in [-0.2, -0.15) is 5.10 Å². The van der Waals surface area contributed by atoms with Gasteiger partial charge >= 0.3 is 0 Å². The molecular formula is C18H18BrN3O. The van der Waals surface area contributed by atoms with Gasteiger partial charge in [0.15, 0.2) is 0 Å². The molecule has 1 amide bonds. The van der Waals surface area contributed by atoms with Gasteiger partial charge in [0.05, 0.1) is 23.3 Å². The molecule has 0 aliphatic carbocycles. The molecule has 0 aliphatic rings. The van der Waals surface area contributed by atoms with E-state index in [0.29, 0.717) is 12.1 Å². The number of benzene rings is 2. The minimum atomic E-state index is -0.105. The maximum absolute atomic E-state index is 12.3. The van der Waals surface area contributed by atoms with Gasteiger partial charge in [0.2, 0.25) is 0 Å². The smallest absolute Gasteiger partial charge is 0.252 e. The Bertz CT molecular complexity index is 841. The van der Waals surface area contributed by atoms with Crippen LogP contribution in [0.2, 0.25) is 0 Å². The zero-order chi connectivity index (χ0) is 16.2. The molecular weight excluding hydrogens is 354 g/mol. The monoisotopic (exact) mass is 371 g/mol. The molecule has 4 nitrogen and oxygen atoms in total. The van der Waals surface area contributed by atoms with Crippen molar-refractivity contribution in [2.24, 2.45) is 0 Å². The Morgan fingerprint density at radius 3 is 2.70 bits per heavy atom. The number of hydrogen-bond acceptors (Lipinski definition) is 2. The molecule has 0 saturated heterocycles. The molecule has 0 spiro atoms. The summed E-state index contributed by atoms with van der Waals surface area (Å²) in [5, 5.41) is 8.71. The number of carbonyl (C=O) groups excluding carboxylic acids is 1. The molecule has 1 N–H and O–H groups in total. The number of carbonyl (C=O) groups is 1. The summed E-state index contributed by atoms with van der Waals surface area (Å²) in [6.07, 6.45) is 1.02. The first-order valence-corrected chi connectivity index (χ1v) is 8.47. The lowest BCUT2D eigenvalue weighted by Gasteiger charge is -2.05. The fourth-order valence-electron chi connectivity index (χ4n) is 2.61. The largest absolute Gasteiger partial charge is 0.346 e. The summed E-state index contributed by atoms with van der Waals surface area (Å²) in [6, 6.07) is 15.5.